The molecule has 0 aromatic carbocycles. The van der Waals surface area contributed by atoms with Gasteiger partial charge < -0.3 is 9.88 Å². The average molecular weight is 248 g/mol. The summed E-state index contributed by atoms with van der Waals surface area (Å²) in [7, 11) is 0. The van der Waals surface area contributed by atoms with Crippen molar-refractivity contribution in [3.63, 3.8) is 0 Å². The maximum absolute atomic E-state index is 3.73. The molecule has 2 nitrogen and oxygen atoms in total. The first-order valence-electron chi connectivity index (χ1n) is 7.52. The van der Waals surface area contributed by atoms with Crippen LogP contribution < -0.4 is 5.32 Å². The highest BCUT2D eigenvalue weighted by molar-refractivity contribution is 5.26. The molecule has 1 saturated carbocycles. The number of nitrogens with zero attached hydrogens (tertiary/aromatic N) is 1. The lowest BCUT2D eigenvalue weighted by Crippen LogP contribution is -2.31. The summed E-state index contributed by atoms with van der Waals surface area (Å²) in [5.41, 5.74) is 4.29. The minimum atomic E-state index is 0.664. The van der Waals surface area contributed by atoms with E-state index in [1.54, 1.807) is 0 Å². The third-order valence-corrected chi connectivity index (χ3v) is 4.72. The van der Waals surface area contributed by atoms with Gasteiger partial charge in [-0.1, -0.05) is 12.8 Å². The van der Waals surface area contributed by atoms with Gasteiger partial charge in [-0.25, -0.2) is 0 Å². The molecule has 1 N–H and O–H groups in total. The van der Waals surface area contributed by atoms with Crippen molar-refractivity contribution in [2.45, 2.75) is 72.5 Å². The van der Waals surface area contributed by atoms with E-state index >= 15 is 0 Å². The van der Waals surface area contributed by atoms with Gasteiger partial charge in [-0.2, -0.15) is 0 Å². The van der Waals surface area contributed by atoms with Crippen molar-refractivity contribution < 1.29 is 0 Å². The number of hydrogen-bond donors (Lipinski definition) is 1. The molecular weight excluding hydrogens is 220 g/mol. The molecule has 18 heavy (non-hydrogen) atoms. The van der Waals surface area contributed by atoms with Gasteiger partial charge in [-0.3, -0.25) is 0 Å². The third kappa shape index (κ3) is 2.80. The molecule has 0 saturated heterocycles. The Morgan fingerprint density at radius 2 is 2.00 bits per heavy atom. The summed E-state index contributed by atoms with van der Waals surface area (Å²) in [6.45, 7) is 11.1. The Bertz CT molecular complexity index is 386. The van der Waals surface area contributed by atoms with Crippen LogP contribution in [-0.2, 0) is 13.1 Å². The Morgan fingerprint density at radius 3 is 2.56 bits per heavy atom. The van der Waals surface area contributed by atoms with Crippen molar-refractivity contribution in [1.82, 2.24) is 9.88 Å². The van der Waals surface area contributed by atoms with Gasteiger partial charge in [0.15, 0.2) is 0 Å². The predicted octanol–water partition coefficient (Wildman–Crippen LogP) is 3.79. The van der Waals surface area contributed by atoms with E-state index in [9.17, 15) is 0 Å². The minimum absolute atomic E-state index is 0.664. The number of aryl methyl sites for hydroxylation is 1. The van der Waals surface area contributed by atoms with Crippen LogP contribution in [0.4, 0.5) is 0 Å². The molecule has 1 aliphatic carbocycles. The zero-order valence-electron chi connectivity index (χ0n) is 12.4. The van der Waals surface area contributed by atoms with Gasteiger partial charge in [-0.15, -0.1) is 0 Å². The molecule has 0 spiro atoms. The van der Waals surface area contributed by atoms with Gasteiger partial charge >= 0.3 is 0 Å². The molecule has 1 fully saturated rings. The van der Waals surface area contributed by atoms with Crippen LogP contribution >= 0.6 is 0 Å². The molecule has 102 valence electrons. The van der Waals surface area contributed by atoms with Crippen LogP contribution in [0.1, 0.15) is 56.5 Å². The fourth-order valence-electron chi connectivity index (χ4n) is 3.43. The van der Waals surface area contributed by atoms with Gasteiger partial charge in [0.1, 0.15) is 0 Å². The van der Waals surface area contributed by atoms with Crippen molar-refractivity contribution >= 4 is 0 Å². The number of hydrogen-bond acceptors (Lipinski definition) is 1. The Labute approximate surface area is 112 Å². The van der Waals surface area contributed by atoms with Crippen molar-refractivity contribution in [1.29, 1.82) is 0 Å². The highest BCUT2D eigenvalue weighted by Gasteiger charge is 2.21. The lowest BCUT2D eigenvalue weighted by atomic mass is 9.99. The summed E-state index contributed by atoms with van der Waals surface area (Å²) in [5.74, 6) is 0.902. The van der Waals surface area contributed by atoms with Gasteiger partial charge in [0, 0.05) is 30.5 Å². The molecular formula is C16H28N2. The first-order chi connectivity index (χ1) is 8.63. The fourth-order valence-corrected chi connectivity index (χ4v) is 3.43. The summed E-state index contributed by atoms with van der Waals surface area (Å²) in [6, 6.07) is 3.00. The molecule has 1 unspecified atom stereocenters. The molecule has 1 atom stereocenters. The summed E-state index contributed by atoms with van der Waals surface area (Å²) in [6.07, 6.45) is 5.70. The van der Waals surface area contributed by atoms with E-state index in [1.807, 2.05) is 0 Å². The molecule has 2 rings (SSSR count). The standard InChI is InChI=1S/C16H28N2/c1-5-18-12(2)10-16(14(18)4)11-17-13(3)15-8-6-7-9-15/h10,13,15,17H,5-9,11H2,1-4H3. The summed E-state index contributed by atoms with van der Waals surface area (Å²) in [5, 5.41) is 3.73. The molecule has 0 bridgehead atoms. The van der Waals surface area contributed by atoms with Crippen molar-refractivity contribution in [2.75, 3.05) is 0 Å². The van der Waals surface area contributed by atoms with Gasteiger partial charge in [0.2, 0.25) is 0 Å². The normalized spacial score (nSPS) is 18.4. The monoisotopic (exact) mass is 248 g/mol. The average Bonchev–Trinajstić information content (AvgIpc) is 2.95. The molecule has 1 aliphatic rings. The zero-order chi connectivity index (χ0) is 13.1. The van der Waals surface area contributed by atoms with E-state index in [0.717, 1.165) is 19.0 Å². The molecule has 0 amide bonds. The lowest BCUT2D eigenvalue weighted by Gasteiger charge is -2.20. The molecule has 0 aliphatic heterocycles. The second-order valence-corrected chi connectivity index (χ2v) is 5.85. The zero-order valence-corrected chi connectivity index (χ0v) is 12.4. The van der Waals surface area contributed by atoms with Crippen molar-refractivity contribution in [3.8, 4) is 0 Å². The quantitative estimate of drug-likeness (QED) is 0.839. The molecule has 2 heteroatoms. The Kier molecular flexibility index (Phi) is 4.50. The predicted molar refractivity (Wildman–Crippen MR) is 77.8 cm³/mol. The van der Waals surface area contributed by atoms with Crippen molar-refractivity contribution in [2.24, 2.45) is 5.92 Å². The molecule has 0 radical (unpaired) electrons. The van der Waals surface area contributed by atoms with Crippen LogP contribution in [0.3, 0.4) is 0 Å². The third-order valence-electron chi connectivity index (χ3n) is 4.72. The first kappa shape index (κ1) is 13.7. The van der Waals surface area contributed by atoms with E-state index in [4.69, 9.17) is 0 Å². The number of rotatable bonds is 5. The summed E-state index contributed by atoms with van der Waals surface area (Å²) in [4.78, 5) is 0. The number of aromatic nitrogens is 1. The maximum atomic E-state index is 3.73. The van der Waals surface area contributed by atoms with Crippen LogP contribution in [0.25, 0.3) is 0 Å². The van der Waals surface area contributed by atoms with E-state index < -0.39 is 0 Å². The summed E-state index contributed by atoms with van der Waals surface area (Å²) >= 11 is 0. The maximum Gasteiger partial charge on any atom is 0.0225 e. The van der Waals surface area contributed by atoms with Gasteiger partial charge in [0.25, 0.3) is 0 Å². The highest BCUT2D eigenvalue weighted by Crippen LogP contribution is 2.27. The Morgan fingerprint density at radius 1 is 1.33 bits per heavy atom. The van der Waals surface area contributed by atoms with E-state index in [0.29, 0.717) is 6.04 Å². The highest BCUT2D eigenvalue weighted by atomic mass is 15.0. The summed E-state index contributed by atoms with van der Waals surface area (Å²) < 4.78 is 2.40. The number of nitrogens with one attached hydrogen (secondary N) is 1. The second-order valence-electron chi connectivity index (χ2n) is 5.85. The van der Waals surface area contributed by atoms with E-state index in [2.05, 4.69) is 43.6 Å². The molecule has 1 aromatic rings. The van der Waals surface area contributed by atoms with Crippen LogP contribution in [0, 0.1) is 19.8 Å². The topological polar surface area (TPSA) is 17.0 Å². The van der Waals surface area contributed by atoms with Crippen LogP contribution in [0.5, 0.6) is 0 Å². The minimum Gasteiger partial charge on any atom is -0.349 e. The Hall–Kier alpha value is -0.760. The molecule has 1 heterocycles. The Balaban J connectivity index is 1.93. The van der Waals surface area contributed by atoms with Gasteiger partial charge in [-0.05, 0) is 58.1 Å². The van der Waals surface area contributed by atoms with Gasteiger partial charge in [0.05, 0.1) is 0 Å². The second kappa shape index (κ2) is 5.92. The first-order valence-corrected chi connectivity index (χ1v) is 7.52. The van der Waals surface area contributed by atoms with Crippen molar-refractivity contribution in [3.05, 3.63) is 23.0 Å². The SMILES string of the molecule is CCn1c(C)cc(CNC(C)C2CCCC2)c1C. The molecule has 1 aromatic heterocycles. The fraction of sp³-hybridized carbons (Fsp3) is 0.750. The van der Waals surface area contributed by atoms with E-state index in [-0.39, 0.29) is 0 Å². The van der Waals surface area contributed by atoms with Crippen LogP contribution in [-0.4, -0.2) is 10.6 Å². The smallest absolute Gasteiger partial charge is 0.0225 e. The lowest BCUT2D eigenvalue weighted by molar-refractivity contribution is 0.380. The van der Waals surface area contributed by atoms with Crippen LogP contribution in [0.2, 0.25) is 0 Å². The van der Waals surface area contributed by atoms with E-state index in [1.165, 1.54) is 42.6 Å². The van der Waals surface area contributed by atoms with Crippen LogP contribution in [0.15, 0.2) is 6.07 Å². The largest absolute Gasteiger partial charge is 0.349 e.